The van der Waals surface area contributed by atoms with E-state index in [2.05, 4.69) is 9.88 Å². The fourth-order valence-electron chi connectivity index (χ4n) is 4.66. The summed E-state index contributed by atoms with van der Waals surface area (Å²) in [6.07, 6.45) is 2.82. The zero-order valence-electron chi connectivity index (χ0n) is 19.0. The van der Waals surface area contributed by atoms with Gasteiger partial charge >= 0.3 is 0 Å². The van der Waals surface area contributed by atoms with E-state index in [0.29, 0.717) is 43.3 Å². The quantitative estimate of drug-likeness (QED) is 0.509. The van der Waals surface area contributed by atoms with Gasteiger partial charge in [-0.05, 0) is 56.2 Å². The Kier molecular flexibility index (Phi) is 6.54. The molecule has 7 nitrogen and oxygen atoms in total. The SMILES string of the molecule is CC1CCCCN1S(=O)(=O)c1ccc(C(=O)N2CCN(c3nc4c(Cl)cccc4s3)CC2)cc1. The Morgan fingerprint density at radius 3 is 2.44 bits per heavy atom. The number of halogens is 1. The van der Waals surface area contributed by atoms with E-state index < -0.39 is 10.0 Å². The maximum Gasteiger partial charge on any atom is 0.253 e. The highest BCUT2D eigenvalue weighted by molar-refractivity contribution is 7.89. The van der Waals surface area contributed by atoms with Crippen molar-refractivity contribution in [3.8, 4) is 0 Å². The van der Waals surface area contributed by atoms with Crippen molar-refractivity contribution < 1.29 is 13.2 Å². The first kappa shape index (κ1) is 23.5. The minimum Gasteiger partial charge on any atom is -0.345 e. The number of sulfonamides is 1. The number of hydrogen-bond acceptors (Lipinski definition) is 6. The Hall–Kier alpha value is -2.20. The molecule has 1 aromatic heterocycles. The number of carbonyl (C=O) groups is 1. The number of fused-ring (bicyclic) bond motifs is 1. The second-order valence-electron chi connectivity index (χ2n) is 8.85. The smallest absolute Gasteiger partial charge is 0.253 e. The molecule has 34 heavy (non-hydrogen) atoms. The number of piperidine rings is 1. The monoisotopic (exact) mass is 518 g/mol. The van der Waals surface area contributed by atoms with E-state index in [1.54, 1.807) is 39.9 Å². The average Bonchev–Trinajstić information content (AvgIpc) is 3.30. The molecule has 3 aromatic rings. The van der Waals surface area contributed by atoms with E-state index in [1.165, 1.54) is 0 Å². The molecule has 10 heteroatoms. The van der Waals surface area contributed by atoms with E-state index in [1.807, 2.05) is 30.0 Å². The summed E-state index contributed by atoms with van der Waals surface area (Å²) in [5.74, 6) is -0.0812. The zero-order valence-corrected chi connectivity index (χ0v) is 21.4. The molecule has 0 aliphatic carbocycles. The minimum atomic E-state index is -3.54. The largest absolute Gasteiger partial charge is 0.345 e. The van der Waals surface area contributed by atoms with Crippen molar-refractivity contribution in [2.75, 3.05) is 37.6 Å². The van der Waals surface area contributed by atoms with Gasteiger partial charge in [0, 0.05) is 44.3 Å². The first-order valence-electron chi connectivity index (χ1n) is 11.6. The highest BCUT2D eigenvalue weighted by Gasteiger charge is 2.31. The van der Waals surface area contributed by atoms with Gasteiger partial charge in [-0.2, -0.15) is 4.31 Å². The molecule has 0 bridgehead atoms. The lowest BCUT2D eigenvalue weighted by atomic mass is 10.1. The van der Waals surface area contributed by atoms with Gasteiger partial charge in [0.15, 0.2) is 5.13 Å². The van der Waals surface area contributed by atoms with Gasteiger partial charge in [0.05, 0.1) is 14.6 Å². The van der Waals surface area contributed by atoms with Gasteiger partial charge in [-0.15, -0.1) is 0 Å². The normalized spacial score (nSPS) is 20.1. The van der Waals surface area contributed by atoms with Crippen LogP contribution in [-0.4, -0.2) is 67.3 Å². The van der Waals surface area contributed by atoms with Gasteiger partial charge in [-0.25, -0.2) is 13.4 Å². The van der Waals surface area contributed by atoms with Crippen LogP contribution in [0.1, 0.15) is 36.5 Å². The fourth-order valence-corrected chi connectivity index (χ4v) is 7.67. The molecule has 2 aliphatic rings. The predicted molar refractivity (Wildman–Crippen MR) is 136 cm³/mol. The number of thiazole rings is 1. The van der Waals surface area contributed by atoms with E-state index in [9.17, 15) is 13.2 Å². The number of rotatable bonds is 4. The Labute approximate surface area is 209 Å². The molecule has 5 rings (SSSR count). The van der Waals surface area contributed by atoms with Crippen LogP contribution in [0.4, 0.5) is 5.13 Å². The first-order chi connectivity index (χ1) is 16.3. The summed E-state index contributed by atoms with van der Waals surface area (Å²) in [6, 6.07) is 12.2. The molecular formula is C24H27ClN4O3S2. The summed E-state index contributed by atoms with van der Waals surface area (Å²) in [7, 11) is -3.54. The van der Waals surface area contributed by atoms with Crippen LogP contribution in [0, 0.1) is 0 Å². The molecule has 2 fully saturated rings. The molecular weight excluding hydrogens is 492 g/mol. The number of carbonyl (C=O) groups excluding carboxylic acids is 1. The first-order valence-corrected chi connectivity index (χ1v) is 14.2. The Bertz CT molecular complexity index is 1300. The van der Waals surface area contributed by atoms with Crippen molar-refractivity contribution in [1.82, 2.24) is 14.2 Å². The van der Waals surface area contributed by atoms with E-state index in [0.717, 1.165) is 34.6 Å². The van der Waals surface area contributed by atoms with Crippen LogP contribution in [0.25, 0.3) is 10.2 Å². The third-order valence-electron chi connectivity index (χ3n) is 6.65. The Balaban J connectivity index is 1.24. The minimum absolute atomic E-state index is 0.00260. The summed E-state index contributed by atoms with van der Waals surface area (Å²) in [6.45, 7) is 5.03. The van der Waals surface area contributed by atoms with E-state index in [4.69, 9.17) is 11.6 Å². The third-order valence-corrected chi connectivity index (χ3v) is 10.1. The molecule has 1 atom stereocenters. The summed E-state index contributed by atoms with van der Waals surface area (Å²) in [5.41, 5.74) is 1.32. The second kappa shape index (κ2) is 9.45. The molecule has 1 amide bonds. The number of benzene rings is 2. The molecule has 0 saturated carbocycles. The third kappa shape index (κ3) is 4.42. The van der Waals surface area contributed by atoms with Crippen LogP contribution in [0.2, 0.25) is 5.02 Å². The van der Waals surface area contributed by atoms with Crippen molar-refractivity contribution in [3.05, 3.63) is 53.1 Å². The number of nitrogens with zero attached hydrogens (tertiary/aromatic N) is 4. The molecule has 2 aromatic carbocycles. The number of anilines is 1. The van der Waals surface area contributed by atoms with Gasteiger partial charge < -0.3 is 9.80 Å². The maximum absolute atomic E-state index is 13.1. The molecule has 180 valence electrons. The zero-order chi connectivity index (χ0) is 23.9. The molecule has 2 saturated heterocycles. The van der Waals surface area contributed by atoms with Crippen LogP contribution in [0.3, 0.4) is 0 Å². The van der Waals surface area contributed by atoms with Crippen LogP contribution < -0.4 is 4.90 Å². The fraction of sp³-hybridized carbons (Fsp3) is 0.417. The summed E-state index contributed by atoms with van der Waals surface area (Å²) in [5, 5.41) is 1.56. The topological polar surface area (TPSA) is 73.8 Å². The number of piperazine rings is 1. The molecule has 0 N–H and O–H groups in total. The van der Waals surface area contributed by atoms with Crippen molar-refractivity contribution in [2.45, 2.75) is 37.1 Å². The lowest BCUT2D eigenvalue weighted by Gasteiger charge is -2.34. The lowest BCUT2D eigenvalue weighted by molar-refractivity contribution is 0.0746. The Morgan fingerprint density at radius 2 is 1.76 bits per heavy atom. The van der Waals surface area contributed by atoms with Gasteiger partial charge in [0.1, 0.15) is 5.52 Å². The number of hydrogen-bond donors (Lipinski definition) is 0. The number of amides is 1. The average molecular weight is 519 g/mol. The molecule has 0 spiro atoms. The summed E-state index contributed by atoms with van der Waals surface area (Å²) in [4.78, 5) is 22.0. The van der Waals surface area contributed by atoms with Crippen LogP contribution in [0.5, 0.6) is 0 Å². The van der Waals surface area contributed by atoms with Crippen molar-refractivity contribution >= 4 is 54.2 Å². The molecule has 3 heterocycles. The van der Waals surface area contributed by atoms with Crippen molar-refractivity contribution in [1.29, 1.82) is 0 Å². The number of para-hydroxylation sites is 1. The highest BCUT2D eigenvalue weighted by atomic mass is 35.5. The van der Waals surface area contributed by atoms with Crippen molar-refractivity contribution in [3.63, 3.8) is 0 Å². The Morgan fingerprint density at radius 1 is 1.03 bits per heavy atom. The van der Waals surface area contributed by atoms with Gasteiger partial charge in [-0.3, -0.25) is 4.79 Å². The van der Waals surface area contributed by atoms with Gasteiger partial charge in [0.25, 0.3) is 5.91 Å². The van der Waals surface area contributed by atoms with Crippen LogP contribution in [-0.2, 0) is 10.0 Å². The predicted octanol–water partition coefficient (Wildman–Crippen LogP) is 4.48. The lowest BCUT2D eigenvalue weighted by Crippen LogP contribution is -2.48. The molecule has 2 aliphatic heterocycles. The van der Waals surface area contributed by atoms with Crippen LogP contribution in [0.15, 0.2) is 47.4 Å². The molecule has 1 unspecified atom stereocenters. The molecule has 0 radical (unpaired) electrons. The maximum atomic E-state index is 13.1. The van der Waals surface area contributed by atoms with Crippen molar-refractivity contribution in [2.24, 2.45) is 0 Å². The van der Waals surface area contributed by atoms with Crippen LogP contribution >= 0.6 is 22.9 Å². The van der Waals surface area contributed by atoms with E-state index in [-0.39, 0.29) is 16.8 Å². The number of aromatic nitrogens is 1. The second-order valence-corrected chi connectivity index (χ2v) is 12.2. The highest BCUT2D eigenvalue weighted by Crippen LogP contribution is 2.33. The standard InChI is InChI=1S/C24H27ClN4O3S2/c1-17-5-2-3-12-29(17)34(31,32)19-10-8-18(9-11-19)23(30)27-13-15-28(16-14-27)24-26-22-20(25)6-4-7-21(22)33-24/h4,6-11,17H,2-3,5,12-16H2,1H3. The summed E-state index contributed by atoms with van der Waals surface area (Å²) >= 11 is 7.87. The van der Waals surface area contributed by atoms with Gasteiger partial charge in [-0.1, -0.05) is 35.4 Å². The van der Waals surface area contributed by atoms with E-state index >= 15 is 0 Å². The van der Waals surface area contributed by atoms with Gasteiger partial charge in [0.2, 0.25) is 10.0 Å². The summed E-state index contributed by atoms with van der Waals surface area (Å²) < 4.78 is 28.7.